The number of nitrogens with two attached hydrogens (primary N) is 1. The van der Waals surface area contributed by atoms with E-state index in [0.29, 0.717) is 16.3 Å². The number of nitrogens with zero attached hydrogens (tertiary/aromatic N) is 1. The van der Waals surface area contributed by atoms with Crippen LogP contribution in [0.5, 0.6) is 0 Å². The van der Waals surface area contributed by atoms with Crippen LogP contribution < -0.4 is 5.73 Å². The molecule has 21 heavy (non-hydrogen) atoms. The van der Waals surface area contributed by atoms with E-state index in [1.54, 1.807) is 36.4 Å². The van der Waals surface area contributed by atoms with Gasteiger partial charge < -0.3 is 5.73 Å². The number of fused-ring (bicyclic) bond motifs is 1. The summed E-state index contributed by atoms with van der Waals surface area (Å²) in [6.45, 7) is 0.146. The first kappa shape index (κ1) is 14.1. The van der Waals surface area contributed by atoms with Gasteiger partial charge in [-0.3, -0.25) is 14.5 Å². The van der Waals surface area contributed by atoms with E-state index in [-0.39, 0.29) is 23.9 Å². The van der Waals surface area contributed by atoms with Crippen LogP contribution in [-0.4, -0.2) is 16.7 Å². The van der Waals surface area contributed by atoms with Gasteiger partial charge in [-0.05, 0) is 35.9 Å². The normalized spacial score (nSPS) is 13.7. The van der Waals surface area contributed by atoms with Crippen molar-refractivity contribution in [1.82, 2.24) is 4.90 Å². The van der Waals surface area contributed by atoms with Gasteiger partial charge >= 0.3 is 0 Å². The average Bonchev–Trinajstić information content (AvgIpc) is 2.69. The number of hydrogen-bond acceptors (Lipinski definition) is 3. The van der Waals surface area contributed by atoms with Crippen LogP contribution in [0.1, 0.15) is 26.3 Å². The third-order valence-electron chi connectivity index (χ3n) is 3.37. The Hall–Kier alpha value is -1.85. The van der Waals surface area contributed by atoms with Crippen LogP contribution in [0, 0.1) is 0 Å². The van der Waals surface area contributed by atoms with Crippen molar-refractivity contribution in [1.29, 1.82) is 0 Å². The van der Waals surface area contributed by atoms with Crippen molar-refractivity contribution in [2.75, 3.05) is 5.73 Å². The minimum absolute atomic E-state index is 0.146. The zero-order valence-electron chi connectivity index (χ0n) is 10.8. The predicted molar refractivity (Wildman–Crippen MR) is 84.2 cm³/mol. The molecule has 0 radical (unpaired) electrons. The first-order chi connectivity index (χ1) is 9.99. The van der Waals surface area contributed by atoms with Crippen molar-refractivity contribution in [2.45, 2.75) is 6.54 Å². The summed E-state index contributed by atoms with van der Waals surface area (Å²) in [4.78, 5) is 25.9. The van der Waals surface area contributed by atoms with Gasteiger partial charge in [0.2, 0.25) is 0 Å². The minimum Gasteiger partial charge on any atom is -0.398 e. The molecule has 0 spiro atoms. The molecule has 0 saturated heterocycles. The zero-order chi connectivity index (χ0) is 15.1. The highest BCUT2D eigenvalue weighted by Crippen LogP contribution is 2.30. The molecule has 0 bridgehead atoms. The SMILES string of the molecule is Nc1cccc2c1C(=O)N(Cc1cc(Cl)ccc1Br)C2=O. The summed E-state index contributed by atoms with van der Waals surface area (Å²) >= 11 is 9.35. The van der Waals surface area contributed by atoms with Crippen molar-refractivity contribution < 1.29 is 9.59 Å². The number of imide groups is 1. The fraction of sp³-hybridized carbons (Fsp3) is 0.0667. The molecule has 2 amide bonds. The lowest BCUT2D eigenvalue weighted by molar-refractivity contribution is 0.0642. The smallest absolute Gasteiger partial charge is 0.263 e. The van der Waals surface area contributed by atoms with E-state index in [1.165, 1.54) is 4.90 Å². The van der Waals surface area contributed by atoms with E-state index in [0.717, 1.165) is 10.0 Å². The predicted octanol–water partition coefficient (Wildman–Crippen LogP) is 3.48. The van der Waals surface area contributed by atoms with Gasteiger partial charge in [0, 0.05) is 15.2 Å². The Morgan fingerprint density at radius 1 is 1.14 bits per heavy atom. The standard InChI is InChI=1S/C15H10BrClN2O2/c16-11-5-4-9(17)6-8(11)7-19-14(20)10-2-1-3-12(18)13(10)15(19)21/h1-6H,7,18H2. The zero-order valence-corrected chi connectivity index (χ0v) is 13.1. The largest absolute Gasteiger partial charge is 0.398 e. The second-order valence-electron chi connectivity index (χ2n) is 4.70. The van der Waals surface area contributed by atoms with E-state index < -0.39 is 0 Å². The van der Waals surface area contributed by atoms with Crippen LogP contribution in [0.4, 0.5) is 5.69 Å². The summed E-state index contributed by atoms with van der Waals surface area (Å²) in [6, 6.07) is 10.1. The van der Waals surface area contributed by atoms with Gasteiger partial charge in [0.15, 0.2) is 0 Å². The molecule has 1 heterocycles. The Balaban J connectivity index is 1.99. The highest BCUT2D eigenvalue weighted by Gasteiger charge is 2.37. The van der Waals surface area contributed by atoms with Crippen LogP contribution in [0.25, 0.3) is 0 Å². The van der Waals surface area contributed by atoms with Crippen molar-refractivity contribution >= 4 is 45.0 Å². The summed E-state index contributed by atoms with van der Waals surface area (Å²) in [5, 5.41) is 0.546. The third kappa shape index (κ3) is 2.32. The quantitative estimate of drug-likeness (QED) is 0.654. The number of amides is 2. The molecule has 0 aliphatic carbocycles. The van der Waals surface area contributed by atoms with E-state index in [4.69, 9.17) is 17.3 Å². The lowest BCUT2D eigenvalue weighted by atomic mass is 10.1. The molecule has 0 unspecified atom stereocenters. The average molecular weight is 366 g/mol. The highest BCUT2D eigenvalue weighted by molar-refractivity contribution is 9.10. The Bertz CT molecular complexity index is 776. The van der Waals surface area contributed by atoms with Crippen molar-refractivity contribution in [2.24, 2.45) is 0 Å². The van der Waals surface area contributed by atoms with Gasteiger partial charge in [0.1, 0.15) is 0 Å². The number of carbonyl (C=O) groups excluding carboxylic acids is 2. The lowest BCUT2D eigenvalue weighted by Gasteiger charge is -2.15. The van der Waals surface area contributed by atoms with Crippen molar-refractivity contribution in [3.8, 4) is 0 Å². The molecule has 106 valence electrons. The second kappa shape index (κ2) is 5.16. The fourth-order valence-corrected chi connectivity index (χ4v) is 2.90. The second-order valence-corrected chi connectivity index (χ2v) is 5.99. The van der Waals surface area contributed by atoms with Gasteiger partial charge in [-0.2, -0.15) is 0 Å². The van der Waals surface area contributed by atoms with Crippen LogP contribution in [0.15, 0.2) is 40.9 Å². The molecule has 1 aliphatic rings. The Morgan fingerprint density at radius 3 is 2.62 bits per heavy atom. The summed E-state index contributed by atoms with van der Waals surface area (Å²) in [6.07, 6.45) is 0. The van der Waals surface area contributed by atoms with E-state index in [1.807, 2.05) is 0 Å². The van der Waals surface area contributed by atoms with Crippen molar-refractivity contribution in [3.05, 3.63) is 62.6 Å². The summed E-state index contributed by atoms with van der Waals surface area (Å²) in [7, 11) is 0. The number of benzene rings is 2. The maximum Gasteiger partial charge on any atom is 0.263 e. The van der Waals surface area contributed by atoms with Gasteiger partial charge in [-0.25, -0.2) is 0 Å². The number of nitrogen functional groups attached to an aromatic ring is 1. The Morgan fingerprint density at radius 2 is 1.90 bits per heavy atom. The summed E-state index contributed by atoms with van der Waals surface area (Å²) in [5.74, 6) is -0.714. The number of halogens is 2. The van der Waals surface area contributed by atoms with E-state index in [2.05, 4.69) is 15.9 Å². The van der Waals surface area contributed by atoms with Gasteiger partial charge in [0.05, 0.1) is 17.7 Å². The number of anilines is 1. The Labute approximate surface area is 134 Å². The van der Waals surface area contributed by atoms with E-state index in [9.17, 15) is 9.59 Å². The first-order valence-corrected chi connectivity index (χ1v) is 7.34. The molecule has 0 aromatic heterocycles. The van der Waals surface area contributed by atoms with Crippen LogP contribution in [0.2, 0.25) is 5.02 Å². The fourth-order valence-electron chi connectivity index (χ4n) is 2.34. The molecule has 0 atom stereocenters. The highest BCUT2D eigenvalue weighted by atomic mass is 79.9. The first-order valence-electron chi connectivity index (χ1n) is 6.17. The number of rotatable bonds is 2. The molecule has 0 saturated carbocycles. The molecular formula is C15H10BrClN2O2. The topological polar surface area (TPSA) is 63.4 Å². The van der Waals surface area contributed by atoms with Crippen molar-refractivity contribution in [3.63, 3.8) is 0 Å². The monoisotopic (exact) mass is 364 g/mol. The van der Waals surface area contributed by atoms with Gasteiger partial charge in [0.25, 0.3) is 11.8 Å². The van der Waals surface area contributed by atoms with Gasteiger partial charge in [-0.15, -0.1) is 0 Å². The molecule has 0 fully saturated rings. The maximum atomic E-state index is 12.4. The summed E-state index contributed by atoms with van der Waals surface area (Å²) in [5.41, 5.74) is 7.51. The summed E-state index contributed by atoms with van der Waals surface area (Å²) < 4.78 is 0.788. The number of hydrogen-bond donors (Lipinski definition) is 1. The lowest BCUT2D eigenvalue weighted by Crippen LogP contribution is -2.29. The van der Waals surface area contributed by atoms with Crippen LogP contribution in [-0.2, 0) is 6.54 Å². The molecule has 6 heteroatoms. The molecule has 2 aromatic carbocycles. The van der Waals surface area contributed by atoms with Crippen LogP contribution in [0.3, 0.4) is 0 Å². The molecule has 4 nitrogen and oxygen atoms in total. The minimum atomic E-state index is -0.375. The van der Waals surface area contributed by atoms with Crippen LogP contribution >= 0.6 is 27.5 Å². The molecule has 1 aliphatic heterocycles. The molecule has 2 aromatic rings. The molecular weight excluding hydrogens is 356 g/mol. The number of carbonyl (C=O) groups is 2. The molecule has 2 N–H and O–H groups in total. The van der Waals surface area contributed by atoms with Gasteiger partial charge in [-0.1, -0.05) is 33.6 Å². The Kier molecular flexibility index (Phi) is 3.47. The van der Waals surface area contributed by atoms with E-state index >= 15 is 0 Å². The maximum absolute atomic E-state index is 12.4. The molecule has 3 rings (SSSR count). The third-order valence-corrected chi connectivity index (χ3v) is 4.38.